The highest BCUT2D eigenvalue weighted by Gasteiger charge is 2.49. The first-order valence-corrected chi connectivity index (χ1v) is 6.51. The zero-order chi connectivity index (χ0) is 13.5. The number of rotatable bonds is 2. The number of hydrogen-bond donors (Lipinski definition) is 0. The molecule has 2 aliphatic rings. The molecule has 19 heavy (non-hydrogen) atoms. The van der Waals surface area contributed by atoms with Gasteiger partial charge in [-0.25, -0.2) is 0 Å². The second-order valence-corrected chi connectivity index (χ2v) is 5.93. The fourth-order valence-corrected chi connectivity index (χ4v) is 2.49. The second kappa shape index (κ2) is 4.31. The lowest BCUT2D eigenvalue weighted by molar-refractivity contribution is -0.303. The second-order valence-electron chi connectivity index (χ2n) is 5.93. The van der Waals surface area contributed by atoms with Crippen LogP contribution in [0, 0.1) is 5.41 Å². The molecule has 0 atom stereocenters. The fraction of sp³-hybridized carbons (Fsp3) is 0.692. The number of ether oxygens (including phenoxy) is 2. The summed E-state index contributed by atoms with van der Waals surface area (Å²) < 4.78 is 13.0. The van der Waals surface area contributed by atoms with Gasteiger partial charge in [0.25, 0.3) is 0 Å². The van der Waals surface area contributed by atoms with Gasteiger partial charge in [0.05, 0.1) is 18.6 Å². The Morgan fingerprint density at radius 3 is 2.58 bits per heavy atom. The third-order valence-electron chi connectivity index (χ3n) is 3.71. The van der Waals surface area contributed by atoms with Crippen molar-refractivity contribution in [1.82, 2.24) is 14.7 Å². The quantitative estimate of drug-likeness (QED) is 0.781. The van der Waals surface area contributed by atoms with Crippen molar-refractivity contribution in [3.05, 3.63) is 18.5 Å². The van der Waals surface area contributed by atoms with Gasteiger partial charge in [0.15, 0.2) is 5.79 Å². The van der Waals surface area contributed by atoms with Gasteiger partial charge >= 0.3 is 0 Å². The van der Waals surface area contributed by atoms with Crippen LogP contribution in [0.15, 0.2) is 18.5 Å². The molecule has 1 spiro atoms. The number of hydrogen-bond acceptors (Lipinski definition) is 4. The van der Waals surface area contributed by atoms with E-state index in [1.165, 1.54) is 0 Å². The molecule has 0 bridgehead atoms. The summed E-state index contributed by atoms with van der Waals surface area (Å²) in [5, 5.41) is 4.04. The summed E-state index contributed by atoms with van der Waals surface area (Å²) >= 11 is 0. The van der Waals surface area contributed by atoms with Crippen LogP contribution in [0.3, 0.4) is 0 Å². The van der Waals surface area contributed by atoms with Gasteiger partial charge in [-0.3, -0.25) is 9.48 Å². The number of carbonyl (C=O) groups is 1. The van der Waals surface area contributed by atoms with Crippen molar-refractivity contribution in [3.8, 4) is 0 Å². The maximum atomic E-state index is 12.0. The maximum absolute atomic E-state index is 12.0. The van der Waals surface area contributed by atoms with Crippen molar-refractivity contribution < 1.29 is 14.3 Å². The highest BCUT2D eigenvalue weighted by Crippen LogP contribution is 2.37. The van der Waals surface area contributed by atoms with Crippen molar-refractivity contribution in [2.75, 3.05) is 26.3 Å². The molecule has 0 aromatic carbocycles. The summed E-state index contributed by atoms with van der Waals surface area (Å²) in [6, 6.07) is 1.82. The van der Waals surface area contributed by atoms with E-state index in [-0.39, 0.29) is 11.3 Å². The number of nitrogens with zero attached hydrogens (tertiary/aromatic N) is 3. The molecule has 3 heterocycles. The molecule has 104 valence electrons. The Hall–Kier alpha value is -1.40. The summed E-state index contributed by atoms with van der Waals surface area (Å²) in [5.41, 5.74) is -0.00467. The maximum Gasteiger partial charge on any atom is 0.244 e. The minimum Gasteiger partial charge on any atom is -0.350 e. The third-order valence-corrected chi connectivity index (χ3v) is 3.71. The van der Waals surface area contributed by atoms with E-state index < -0.39 is 5.79 Å². The van der Waals surface area contributed by atoms with Gasteiger partial charge in [0.2, 0.25) is 5.91 Å². The largest absolute Gasteiger partial charge is 0.350 e. The normalized spacial score (nSPS) is 24.2. The van der Waals surface area contributed by atoms with Gasteiger partial charge in [-0.05, 0) is 19.9 Å². The standard InChI is InChI=1S/C13H19N3O3/c1-12(2)18-9-13(10-19-12)7-15(8-13)11(17)6-16-5-3-4-14-16/h3-5H,6-10H2,1-2H3. The Balaban J connectivity index is 1.51. The van der Waals surface area contributed by atoms with Crippen LogP contribution in [-0.2, 0) is 20.8 Å². The molecule has 0 saturated carbocycles. The average Bonchev–Trinajstić information content (AvgIpc) is 2.79. The lowest BCUT2D eigenvalue weighted by atomic mass is 9.80. The average molecular weight is 265 g/mol. The first-order chi connectivity index (χ1) is 8.98. The molecular formula is C13H19N3O3. The first kappa shape index (κ1) is 12.6. The van der Waals surface area contributed by atoms with E-state index in [0.717, 1.165) is 0 Å². The molecule has 1 aromatic heterocycles. The van der Waals surface area contributed by atoms with E-state index in [0.29, 0.717) is 32.8 Å². The summed E-state index contributed by atoms with van der Waals surface area (Å²) in [6.45, 7) is 6.87. The van der Waals surface area contributed by atoms with Crippen LogP contribution in [0.4, 0.5) is 0 Å². The van der Waals surface area contributed by atoms with Gasteiger partial charge in [0, 0.05) is 25.5 Å². The smallest absolute Gasteiger partial charge is 0.244 e. The molecule has 1 aromatic rings. The van der Waals surface area contributed by atoms with Crippen LogP contribution in [-0.4, -0.2) is 52.7 Å². The van der Waals surface area contributed by atoms with E-state index in [2.05, 4.69) is 5.10 Å². The topological polar surface area (TPSA) is 56.6 Å². The first-order valence-electron chi connectivity index (χ1n) is 6.51. The molecule has 6 heteroatoms. The van der Waals surface area contributed by atoms with Crippen LogP contribution in [0.5, 0.6) is 0 Å². The van der Waals surface area contributed by atoms with Crippen LogP contribution >= 0.6 is 0 Å². The Labute approximate surface area is 112 Å². The van der Waals surface area contributed by atoms with E-state index in [4.69, 9.17) is 9.47 Å². The third kappa shape index (κ3) is 2.50. The molecule has 0 unspecified atom stereocenters. The predicted molar refractivity (Wildman–Crippen MR) is 67.2 cm³/mol. The van der Waals surface area contributed by atoms with Crippen molar-refractivity contribution >= 4 is 5.91 Å². The van der Waals surface area contributed by atoms with Crippen molar-refractivity contribution in [2.24, 2.45) is 5.41 Å². The van der Waals surface area contributed by atoms with Gasteiger partial charge in [-0.1, -0.05) is 0 Å². The molecule has 0 aliphatic carbocycles. The summed E-state index contributed by atoms with van der Waals surface area (Å²) in [4.78, 5) is 13.9. The molecule has 2 aliphatic heterocycles. The van der Waals surface area contributed by atoms with Gasteiger partial charge in [-0.2, -0.15) is 5.10 Å². The Bertz CT molecular complexity index is 451. The molecule has 3 rings (SSSR count). The van der Waals surface area contributed by atoms with Crippen LogP contribution in [0.1, 0.15) is 13.8 Å². The van der Waals surface area contributed by atoms with E-state index >= 15 is 0 Å². The number of amides is 1. The summed E-state index contributed by atoms with van der Waals surface area (Å²) in [7, 11) is 0. The summed E-state index contributed by atoms with van der Waals surface area (Å²) in [6.07, 6.45) is 3.47. The minimum absolute atomic E-state index is 0.00467. The van der Waals surface area contributed by atoms with Gasteiger partial charge in [0.1, 0.15) is 6.54 Å². The molecular weight excluding hydrogens is 246 g/mol. The predicted octanol–water partition coefficient (Wildman–Crippen LogP) is 0.495. The minimum atomic E-state index is -0.495. The Kier molecular flexibility index (Phi) is 2.87. The summed E-state index contributed by atoms with van der Waals surface area (Å²) in [5.74, 6) is -0.399. The molecule has 0 radical (unpaired) electrons. The molecule has 2 fully saturated rings. The van der Waals surface area contributed by atoms with E-state index in [1.54, 1.807) is 17.1 Å². The van der Waals surface area contributed by atoms with Crippen LogP contribution in [0.25, 0.3) is 0 Å². The molecule has 0 N–H and O–H groups in total. The molecule has 6 nitrogen and oxygen atoms in total. The van der Waals surface area contributed by atoms with Crippen molar-refractivity contribution in [1.29, 1.82) is 0 Å². The van der Waals surface area contributed by atoms with Crippen LogP contribution < -0.4 is 0 Å². The van der Waals surface area contributed by atoms with Gasteiger partial charge < -0.3 is 14.4 Å². The highest BCUT2D eigenvalue weighted by molar-refractivity contribution is 5.77. The fourth-order valence-electron chi connectivity index (χ4n) is 2.49. The van der Waals surface area contributed by atoms with Crippen LogP contribution in [0.2, 0.25) is 0 Å². The lowest BCUT2D eigenvalue weighted by Gasteiger charge is -2.54. The van der Waals surface area contributed by atoms with Crippen molar-refractivity contribution in [2.45, 2.75) is 26.2 Å². The van der Waals surface area contributed by atoms with E-state index in [9.17, 15) is 4.79 Å². The molecule has 2 saturated heterocycles. The number of carbonyl (C=O) groups excluding carboxylic acids is 1. The van der Waals surface area contributed by atoms with E-state index in [1.807, 2.05) is 24.8 Å². The molecule has 1 amide bonds. The number of aromatic nitrogens is 2. The SMILES string of the molecule is CC1(C)OCC2(CO1)CN(C(=O)Cn1cccn1)C2. The van der Waals surface area contributed by atoms with Gasteiger partial charge in [-0.15, -0.1) is 0 Å². The Morgan fingerprint density at radius 1 is 1.32 bits per heavy atom. The highest BCUT2D eigenvalue weighted by atomic mass is 16.7. The lowest BCUT2D eigenvalue weighted by Crippen LogP contribution is -2.66. The zero-order valence-corrected chi connectivity index (χ0v) is 11.3. The number of likely N-dealkylation sites (tertiary alicyclic amines) is 1. The zero-order valence-electron chi connectivity index (χ0n) is 11.3. The monoisotopic (exact) mass is 265 g/mol. The Morgan fingerprint density at radius 2 is 2.00 bits per heavy atom. The van der Waals surface area contributed by atoms with Crippen molar-refractivity contribution in [3.63, 3.8) is 0 Å².